The van der Waals surface area contributed by atoms with E-state index in [1.165, 1.54) is 10.7 Å². The number of hydrogen-bond acceptors (Lipinski definition) is 0. The van der Waals surface area contributed by atoms with Crippen molar-refractivity contribution in [1.82, 2.24) is 0 Å². The molecule has 0 amide bonds. The molecule has 0 radical (unpaired) electrons. The van der Waals surface area contributed by atoms with Gasteiger partial charge in [-0.15, -0.1) is 0 Å². The molecule has 0 spiro atoms. The molecule has 3 aromatic rings. The van der Waals surface area contributed by atoms with Gasteiger partial charge in [0.25, 0.3) is 0 Å². The SMILES string of the molecule is Cl[CH2][Sn]([c]1ccccc1)([c]1ccccc1)[c]1ccccc1. The van der Waals surface area contributed by atoms with E-state index >= 15 is 0 Å². The number of halogens is 1. The zero-order chi connectivity index (χ0) is 14.5. The Hall–Kier alpha value is -1.25. The molecule has 0 N–H and O–H groups in total. The average molecular weight is 400 g/mol. The van der Waals surface area contributed by atoms with Crippen LogP contribution in [0.5, 0.6) is 0 Å². The molecule has 0 aromatic heterocycles. The zero-order valence-electron chi connectivity index (χ0n) is 11.7. The van der Waals surface area contributed by atoms with Crippen LogP contribution >= 0.6 is 11.6 Å². The second-order valence-corrected chi connectivity index (χ2v) is 17.8. The normalized spacial score (nSPS) is 11.3. The number of alkyl halides is 1. The standard InChI is InChI=1S/3C6H5.CH2Cl.Sn/c3*1-2-4-6-5-3-1;1-2;/h3*1-5H;1H2;. The van der Waals surface area contributed by atoms with Gasteiger partial charge >= 0.3 is 136 Å². The van der Waals surface area contributed by atoms with Crippen LogP contribution in [0.3, 0.4) is 0 Å². The molecule has 104 valence electrons. The Labute approximate surface area is 135 Å². The van der Waals surface area contributed by atoms with Gasteiger partial charge in [-0.3, -0.25) is 0 Å². The maximum atomic E-state index is 6.62. The Bertz CT molecular complexity index is 584. The second-order valence-electron chi connectivity index (χ2n) is 5.14. The fourth-order valence-electron chi connectivity index (χ4n) is 2.90. The summed E-state index contributed by atoms with van der Waals surface area (Å²) < 4.78 is 5.00. The Kier molecular flexibility index (Phi) is 4.66. The summed E-state index contributed by atoms with van der Waals surface area (Å²) >= 11 is 3.56. The molecule has 0 aliphatic heterocycles. The predicted molar refractivity (Wildman–Crippen MR) is 94.7 cm³/mol. The van der Waals surface area contributed by atoms with Gasteiger partial charge in [0.2, 0.25) is 0 Å². The third-order valence-electron chi connectivity index (χ3n) is 4.00. The number of rotatable bonds is 4. The van der Waals surface area contributed by atoms with Crippen molar-refractivity contribution in [2.24, 2.45) is 0 Å². The second kappa shape index (κ2) is 6.67. The Morgan fingerprint density at radius 3 is 1.05 bits per heavy atom. The molecule has 3 rings (SSSR count). The first kappa shape index (κ1) is 14.7. The van der Waals surface area contributed by atoms with Gasteiger partial charge in [0.05, 0.1) is 0 Å². The molecule has 0 fully saturated rings. The summed E-state index contributed by atoms with van der Waals surface area (Å²) in [5.74, 6) is 0. The van der Waals surface area contributed by atoms with Crippen LogP contribution in [0.1, 0.15) is 0 Å². The van der Waals surface area contributed by atoms with Gasteiger partial charge in [0.15, 0.2) is 0 Å². The van der Waals surface area contributed by atoms with E-state index in [-0.39, 0.29) is 0 Å². The Morgan fingerprint density at radius 2 is 0.810 bits per heavy atom. The first-order valence-corrected chi connectivity index (χ1v) is 13.9. The van der Waals surface area contributed by atoms with E-state index in [0.717, 1.165) is 0 Å². The fraction of sp³-hybridized carbons (Fsp3) is 0.0526. The quantitative estimate of drug-likeness (QED) is 0.468. The summed E-state index contributed by atoms with van der Waals surface area (Å²) in [4.78, 5) is 0. The molecular weight excluding hydrogens is 382 g/mol. The Balaban J connectivity index is 2.29. The summed E-state index contributed by atoms with van der Waals surface area (Å²) in [6.07, 6.45) is 0. The van der Waals surface area contributed by atoms with Crippen LogP contribution in [0, 0.1) is 0 Å². The van der Waals surface area contributed by atoms with E-state index in [0.29, 0.717) is 3.90 Å². The van der Waals surface area contributed by atoms with Crippen LogP contribution in [0.15, 0.2) is 91.0 Å². The molecular formula is C19H17ClSn. The first-order valence-electron chi connectivity index (χ1n) is 7.10. The van der Waals surface area contributed by atoms with Crippen LogP contribution in [0.4, 0.5) is 0 Å². The summed E-state index contributed by atoms with van der Waals surface area (Å²) in [5, 5.41) is 0. The average Bonchev–Trinajstić information content (AvgIpc) is 2.59. The monoisotopic (exact) mass is 400 g/mol. The minimum absolute atomic E-state index is 0.715. The van der Waals surface area contributed by atoms with E-state index in [9.17, 15) is 0 Å². The molecule has 0 atom stereocenters. The van der Waals surface area contributed by atoms with Gasteiger partial charge in [-0.1, -0.05) is 0 Å². The van der Waals surface area contributed by atoms with E-state index in [4.69, 9.17) is 11.6 Å². The van der Waals surface area contributed by atoms with Gasteiger partial charge in [-0.05, 0) is 0 Å². The molecule has 0 aliphatic rings. The molecule has 2 heteroatoms. The van der Waals surface area contributed by atoms with Gasteiger partial charge < -0.3 is 0 Å². The predicted octanol–water partition coefficient (Wildman–Crippen LogP) is 2.93. The number of benzene rings is 3. The van der Waals surface area contributed by atoms with Crippen LogP contribution < -0.4 is 10.7 Å². The molecule has 0 saturated heterocycles. The summed E-state index contributed by atoms with van der Waals surface area (Å²) in [6.45, 7) is 0. The van der Waals surface area contributed by atoms with Crippen molar-refractivity contribution in [2.45, 2.75) is 0 Å². The van der Waals surface area contributed by atoms with Crippen LogP contribution in [0.25, 0.3) is 0 Å². The van der Waals surface area contributed by atoms with E-state index in [2.05, 4.69) is 91.0 Å². The summed E-state index contributed by atoms with van der Waals surface area (Å²) in [7, 11) is 0. The van der Waals surface area contributed by atoms with Crippen molar-refractivity contribution in [3.63, 3.8) is 0 Å². The third kappa shape index (κ3) is 2.75. The Morgan fingerprint density at radius 1 is 0.524 bits per heavy atom. The molecule has 21 heavy (non-hydrogen) atoms. The van der Waals surface area contributed by atoms with Crippen molar-refractivity contribution < 1.29 is 0 Å². The van der Waals surface area contributed by atoms with Crippen molar-refractivity contribution in [1.29, 1.82) is 0 Å². The van der Waals surface area contributed by atoms with E-state index < -0.39 is 18.4 Å². The third-order valence-corrected chi connectivity index (χ3v) is 19.1. The van der Waals surface area contributed by atoms with Gasteiger partial charge in [-0.2, -0.15) is 0 Å². The molecule has 0 heterocycles. The van der Waals surface area contributed by atoms with Crippen molar-refractivity contribution >= 4 is 40.7 Å². The topological polar surface area (TPSA) is 0 Å². The molecule has 0 aliphatic carbocycles. The summed E-state index contributed by atoms with van der Waals surface area (Å²) in [6, 6.07) is 32.5. The van der Waals surface area contributed by atoms with E-state index in [1.807, 2.05) is 0 Å². The summed E-state index contributed by atoms with van der Waals surface area (Å²) in [5.41, 5.74) is 0. The van der Waals surface area contributed by atoms with Crippen LogP contribution in [-0.2, 0) is 0 Å². The van der Waals surface area contributed by atoms with Crippen LogP contribution in [-0.4, -0.2) is 22.3 Å². The van der Waals surface area contributed by atoms with Crippen molar-refractivity contribution in [3.8, 4) is 0 Å². The molecule has 0 bridgehead atoms. The zero-order valence-corrected chi connectivity index (χ0v) is 15.4. The molecule has 0 nitrogen and oxygen atoms in total. The van der Waals surface area contributed by atoms with Crippen molar-refractivity contribution in [3.05, 3.63) is 91.0 Å². The molecule has 3 aromatic carbocycles. The molecule has 0 saturated carbocycles. The van der Waals surface area contributed by atoms with Crippen molar-refractivity contribution in [2.75, 3.05) is 3.90 Å². The van der Waals surface area contributed by atoms with Gasteiger partial charge in [-0.25, -0.2) is 0 Å². The van der Waals surface area contributed by atoms with E-state index in [1.54, 1.807) is 0 Å². The van der Waals surface area contributed by atoms with Crippen LogP contribution in [0.2, 0.25) is 0 Å². The maximum absolute atomic E-state index is 6.62. The fourth-order valence-corrected chi connectivity index (χ4v) is 16.7. The van der Waals surface area contributed by atoms with Gasteiger partial charge in [0, 0.05) is 0 Å². The van der Waals surface area contributed by atoms with Gasteiger partial charge in [0.1, 0.15) is 0 Å². The first-order chi connectivity index (χ1) is 10.4. The molecule has 0 unspecified atom stereocenters. The number of hydrogen-bond donors (Lipinski definition) is 0. The minimum atomic E-state index is -3.06.